The lowest BCUT2D eigenvalue weighted by Gasteiger charge is -2.30. The Morgan fingerprint density at radius 1 is 0.422 bits per heavy atom. The molecule has 1 amide bonds. The van der Waals surface area contributed by atoms with Crippen molar-refractivity contribution in [1.29, 1.82) is 0 Å². The van der Waals surface area contributed by atoms with Gasteiger partial charge in [0, 0.05) is 12.8 Å². The van der Waals surface area contributed by atoms with E-state index in [1.54, 1.807) is 0 Å². The lowest BCUT2D eigenvalue weighted by atomic mass is 10.0. The number of phosphoric ester groups is 1. The molecule has 0 radical (unpaired) electrons. The zero-order valence-corrected chi connectivity index (χ0v) is 56.8. The molecule has 0 aliphatic rings. The number of esters is 1. The van der Waals surface area contributed by atoms with Gasteiger partial charge in [0.05, 0.1) is 33.8 Å². The van der Waals surface area contributed by atoms with Crippen molar-refractivity contribution in [3.63, 3.8) is 0 Å². The number of unbranched alkanes of at least 4 members (excludes halogenated alkanes) is 44. The predicted molar refractivity (Wildman–Crippen MR) is 358 cm³/mol. The third-order valence-electron chi connectivity index (χ3n) is 16.2. The average Bonchev–Trinajstić information content (AvgIpc) is 3.51. The van der Waals surface area contributed by atoms with Crippen LogP contribution in [0.4, 0.5) is 0 Å². The van der Waals surface area contributed by atoms with Crippen LogP contribution in [-0.2, 0) is 27.9 Å². The number of amides is 1. The van der Waals surface area contributed by atoms with Crippen LogP contribution in [0.1, 0.15) is 355 Å². The largest absolute Gasteiger partial charge is 0.756 e. The zero-order valence-electron chi connectivity index (χ0n) is 55.9. The minimum atomic E-state index is -4.70. The van der Waals surface area contributed by atoms with Crippen LogP contribution in [0.3, 0.4) is 0 Å². The molecule has 0 aromatic rings. The van der Waals surface area contributed by atoms with Crippen LogP contribution in [0.2, 0.25) is 0 Å². The van der Waals surface area contributed by atoms with Crippen LogP contribution in [0.25, 0.3) is 0 Å². The van der Waals surface area contributed by atoms with Gasteiger partial charge in [0.15, 0.2) is 0 Å². The summed E-state index contributed by atoms with van der Waals surface area (Å²) >= 11 is 0. The quantitative estimate of drug-likeness (QED) is 0.0212. The molecule has 0 saturated carbocycles. The minimum Gasteiger partial charge on any atom is -0.756 e. The molecule has 0 bridgehead atoms. The van der Waals surface area contributed by atoms with E-state index in [4.69, 9.17) is 13.8 Å². The molecular formula is C73H139N2O7P. The van der Waals surface area contributed by atoms with Crippen molar-refractivity contribution >= 4 is 19.7 Å². The van der Waals surface area contributed by atoms with E-state index in [9.17, 15) is 19.0 Å². The van der Waals surface area contributed by atoms with E-state index in [1.807, 2.05) is 33.3 Å². The number of nitrogens with one attached hydrogen (secondary N) is 1. The first-order valence-electron chi connectivity index (χ1n) is 35.9. The van der Waals surface area contributed by atoms with E-state index < -0.39 is 20.0 Å². The van der Waals surface area contributed by atoms with E-state index in [0.717, 1.165) is 64.2 Å². The fourth-order valence-electron chi connectivity index (χ4n) is 10.7. The van der Waals surface area contributed by atoms with Crippen LogP contribution in [0.5, 0.6) is 0 Å². The Labute approximate surface area is 516 Å². The van der Waals surface area contributed by atoms with Crippen molar-refractivity contribution in [2.24, 2.45) is 0 Å². The van der Waals surface area contributed by atoms with Crippen molar-refractivity contribution in [3.8, 4) is 0 Å². The van der Waals surface area contributed by atoms with E-state index in [1.165, 1.54) is 257 Å². The molecule has 0 aliphatic carbocycles. The Hall–Kier alpha value is -2.03. The summed E-state index contributed by atoms with van der Waals surface area (Å²) in [5, 5.41) is 3.05. The summed E-state index contributed by atoms with van der Waals surface area (Å²) in [5.74, 6) is -0.528. The first kappa shape index (κ1) is 81.0. The van der Waals surface area contributed by atoms with E-state index in [0.29, 0.717) is 17.4 Å². The van der Waals surface area contributed by atoms with Crippen molar-refractivity contribution in [3.05, 3.63) is 48.6 Å². The highest BCUT2D eigenvalue weighted by molar-refractivity contribution is 7.45. The number of quaternary nitrogens is 1. The van der Waals surface area contributed by atoms with Gasteiger partial charge in [-0.3, -0.25) is 14.2 Å². The van der Waals surface area contributed by atoms with Gasteiger partial charge in [0.25, 0.3) is 7.82 Å². The summed E-state index contributed by atoms with van der Waals surface area (Å²) in [7, 11) is 1.20. The van der Waals surface area contributed by atoms with E-state index in [-0.39, 0.29) is 31.5 Å². The molecule has 0 spiro atoms. The Balaban J connectivity index is 4.98. The molecule has 0 aliphatic heterocycles. The standard InChI is InChI=1S/C73H139N2O7P/c1-7-10-13-16-19-22-25-27-29-31-33-35-36-37-38-40-41-43-45-47-50-53-56-59-62-65-72(76)74-70(69-81-83(78,79)80-68-67-75(4,5)6)71(64-61-58-55-52-49-24-21-18-15-12-9-3)82-73(77)66-63-60-57-54-51-48-46-44-42-39-34-32-30-28-26-23-20-17-14-11-8-2/h20,23,27-30,61,64,70-71H,7-19,21-22,24-26,31-60,62-63,65-69H2,1-6H3,(H-,74,76,78,79)/b23-20-,29-27+,30-28-,64-61-. The number of carbonyl (C=O) groups is 2. The first-order chi connectivity index (χ1) is 40.4. The SMILES string of the molecule is CCCCC/C=C\C/C=C\CCCCCCCCCCCCCC(=O)OC(/C=C\CCCCCCCCCCC)C(COP(=O)([O-])OCC[N+](C)(C)C)NC(=O)CCCCCCCCCCCCCCCCC/C=C/CCCCCCCC. The molecule has 3 unspecified atom stereocenters. The van der Waals surface area contributed by atoms with Gasteiger partial charge in [-0.25, -0.2) is 0 Å². The van der Waals surface area contributed by atoms with Gasteiger partial charge in [0.1, 0.15) is 19.3 Å². The average molecular weight is 1190 g/mol. The van der Waals surface area contributed by atoms with Crippen LogP contribution in [-0.4, -0.2) is 69.4 Å². The Bertz CT molecular complexity index is 1560. The summed E-state index contributed by atoms with van der Waals surface area (Å²) < 4.78 is 30.4. The number of hydrogen-bond donors (Lipinski definition) is 1. The maximum atomic E-state index is 13.6. The predicted octanol–water partition coefficient (Wildman–Crippen LogP) is 22.2. The summed E-state index contributed by atoms with van der Waals surface area (Å²) in [4.78, 5) is 40.2. The fourth-order valence-corrected chi connectivity index (χ4v) is 11.4. The molecule has 9 nitrogen and oxygen atoms in total. The van der Waals surface area contributed by atoms with Crippen molar-refractivity contribution < 1.29 is 37.3 Å². The molecule has 0 heterocycles. The highest BCUT2D eigenvalue weighted by Crippen LogP contribution is 2.38. The second kappa shape index (κ2) is 63.0. The van der Waals surface area contributed by atoms with Crippen molar-refractivity contribution in [2.75, 3.05) is 40.9 Å². The second-order valence-corrected chi connectivity index (χ2v) is 27.1. The van der Waals surface area contributed by atoms with Gasteiger partial charge >= 0.3 is 5.97 Å². The highest BCUT2D eigenvalue weighted by atomic mass is 31.2. The number of allylic oxidation sites excluding steroid dienone is 7. The molecular weight excluding hydrogens is 1050 g/mol. The zero-order chi connectivity index (χ0) is 60.7. The van der Waals surface area contributed by atoms with Gasteiger partial charge < -0.3 is 28.5 Å². The maximum absolute atomic E-state index is 13.6. The lowest BCUT2D eigenvalue weighted by molar-refractivity contribution is -0.870. The van der Waals surface area contributed by atoms with Gasteiger partial charge in [-0.2, -0.15) is 0 Å². The summed E-state index contributed by atoms with van der Waals surface area (Å²) in [6, 6.07) is -0.888. The van der Waals surface area contributed by atoms with E-state index in [2.05, 4.69) is 62.5 Å². The molecule has 83 heavy (non-hydrogen) atoms. The number of carbonyl (C=O) groups excluding carboxylic acids is 2. The maximum Gasteiger partial charge on any atom is 0.306 e. The van der Waals surface area contributed by atoms with Gasteiger partial charge in [0.2, 0.25) is 5.91 Å². The summed E-state index contributed by atoms with van der Waals surface area (Å²) in [6.45, 7) is 6.86. The summed E-state index contributed by atoms with van der Waals surface area (Å²) in [6.07, 6.45) is 79.5. The van der Waals surface area contributed by atoms with Crippen molar-refractivity contribution in [2.45, 2.75) is 367 Å². The Morgan fingerprint density at radius 2 is 0.735 bits per heavy atom. The number of nitrogens with zero attached hydrogens (tertiary/aromatic N) is 1. The number of hydrogen-bond acceptors (Lipinski definition) is 7. The third kappa shape index (κ3) is 64.3. The molecule has 1 N–H and O–H groups in total. The topological polar surface area (TPSA) is 114 Å². The normalized spacial score (nSPS) is 13.8. The molecule has 0 aromatic carbocycles. The number of rotatable bonds is 66. The van der Waals surface area contributed by atoms with Crippen molar-refractivity contribution in [1.82, 2.24) is 5.32 Å². The molecule has 488 valence electrons. The van der Waals surface area contributed by atoms with Crippen LogP contribution < -0.4 is 10.2 Å². The molecule has 0 rings (SSSR count). The second-order valence-electron chi connectivity index (χ2n) is 25.7. The minimum absolute atomic E-state index is 0.0211. The van der Waals surface area contributed by atoms with Gasteiger partial charge in [-0.15, -0.1) is 0 Å². The van der Waals surface area contributed by atoms with Gasteiger partial charge in [-0.05, 0) is 89.5 Å². The van der Waals surface area contributed by atoms with Crippen LogP contribution in [0, 0.1) is 0 Å². The smallest absolute Gasteiger partial charge is 0.306 e. The Morgan fingerprint density at radius 3 is 1.12 bits per heavy atom. The van der Waals surface area contributed by atoms with Crippen LogP contribution in [0.15, 0.2) is 48.6 Å². The molecule has 3 atom stereocenters. The summed E-state index contributed by atoms with van der Waals surface area (Å²) in [5.41, 5.74) is 0. The lowest BCUT2D eigenvalue weighted by Crippen LogP contribution is -2.47. The molecule has 10 heteroatoms. The highest BCUT2D eigenvalue weighted by Gasteiger charge is 2.27. The fraction of sp³-hybridized carbons (Fsp3) is 0.863. The molecule has 0 saturated heterocycles. The third-order valence-corrected chi connectivity index (χ3v) is 17.2. The number of likely N-dealkylation sites (N-methyl/N-ethyl adjacent to an activating group) is 1. The molecule has 0 aromatic heterocycles. The van der Waals surface area contributed by atoms with Gasteiger partial charge in [-0.1, -0.05) is 301 Å². The molecule has 0 fully saturated rings. The monoisotopic (exact) mass is 1190 g/mol. The number of phosphoric acid groups is 1. The first-order valence-corrected chi connectivity index (χ1v) is 37.4. The Kier molecular flexibility index (Phi) is 61.5. The number of ether oxygens (including phenoxy) is 1. The van der Waals surface area contributed by atoms with E-state index >= 15 is 0 Å². The van der Waals surface area contributed by atoms with Crippen LogP contribution >= 0.6 is 7.82 Å².